The van der Waals surface area contributed by atoms with Gasteiger partial charge in [-0.15, -0.1) is 0 Å². The molecular weight excluding hydrogens is 827 g/mol. The first-order valence-electron chi connectivity index (χ1n) is 30.8. The minimum atomic E-state index is -0.671. The Morgan fingerprint density at radius 1 is 0.358 bits per heavy atom. The SMILES string of the molecule is CCCCCCCCCCCCCCCCCCCCCC(O)C(CO)NC(=O)CCCCCCCCCCCCCCCCOC(=O)CCCCCCCCCCCCCCCCCCC. The molecule has 0 aliphatic rings. The van der Waals surface area contributed by atoms with Gasteiger partial charge in [0.05, 0.1) is 25.4 Å². The zero-order chi connectivity index (χ0) is 48.6. The molecule has 6 nitrogen and oxygen atoms in total. The fraction of sp³-hybridized carbons (Fsp3) is 0.967. The lowest BCUT2D eigenvalue weighted by atomic mass is 10.0. The van der Waals surface area contributed by atoms with Gasteiger partial charge in [-0.25, -0.2) is 0 Å². The number of hydrogen-bond donors (Lipinski definition) is 3. The smallest absolute Gasteiger partial charge is 0.305 e. The number of ether oxygens (including phenoxy) is 1. The highest BCUT2D eigenvalue weighted by molar-refractivity contribution is 5.76. The lowest BCUT2D eigenvalue weighted by molar-refractivity contribution is -0.143. The van der Waals surface area contributed by atoms with E-state index < -0.39 is 12.1 Å². The van der Waals surface area contributed by atoms with Crippen LogP contribution in [-0.4, -0.2) is 47.4 Å². The van der Waals surface area contributed by atoms with Crippen molar-refractivity contribution >= 4 is 11.9 Å². The Kier molecular flexibility index (Phi) is 56.5. The van der Waals surface area contributed by atoms with Crippen LogP contribution in [0.15, 0.2) is 0 Å². The van der Waals surface area contributed by atoms with Gasteiger partial charge in [0, 0.05) is 12.8 Å². The monoisotopic (exact) mass is 948 g/mol. The van der Waals surface area contributed by atoms with Crippen LogP contribution in [0.2, 0.25) is 0 Å². The second-order valence-corrected chi connectivity index (χ2v) is 21.4. The molecule has 0 aromatic rings. The van der Waals surface area contributed by atoms with Gasteiger partial charge in [-0.3, -0.25) is 9.59 Å². The van der Waals surface area contributed by atoms with Gasteiger partial charge in [0.2, 0.25) is 5.91 Å². The largest absolute Gasteiger partial charge is 0.466 e. The Bertz CT molecular complexity index is 959. The number of amides is 1. The van der Waals surface area contributed by atoms with E-state index >= 15 is 0 Å². The van der Waals surface area contributed by atoms with E-state index in [2.05, 4.69) is 19.2 Å². The molecule has 1 amide bonds. The Morgan fingerprint density at radius 3 is 0.910 bits per heavy atom. The predicted octanol–water partition coefficient (Wildman–Crippen LogP) is 19.1. The van der Waals surface area contributed by atoms with Crippen molar-refractivity contribution in [2.75, 3.05) is 13.2 Å². The first-order valence-corrected chi connectivity index (χ1v) is 30.8. The normalized spacial score (nSPS) is 12.5. The predicted molar refractivity (Wildman–Crippen MR) is 292 cm³/mol. The van der Waals surface area contributed by atoms with Crippen LogP contribution in [0.4, 0.5) is 0 Å². The van der Waals surface area contributed by atoms with Crippen molar-refractivity contribution < 1.29 is 24.5 Å². The lowest BCUT2D eigenvalue weighted by Gasteiger charge is -2.22. The molecule has 0 aromatic heterocycles. The van der Waals surface area contributed by atoms with Crippen LogP contribution in [0.5, 0.6) is 0 Å². The summed E-state index contributed by atoms with van der Waals surface area (Å²) in [6.45, 7) is 4.97. The molecule has 400 valence electrons. The zero-order valence-electron chi connectivity index (χ0n) is 45.7. The maximum Gasteiger partial charge on any atom is 0.305 e. The second kappa shape index (κ2) is 57.4. The van der Waals surface area contributed by atoms with Gasteiger partial charge >= 0.3 is 5.97 Å². The number of aliphatic hydroxyl groups excluding tert-OH is 2. The summed E-state index contributed by atoms with van der Waals surface area (Å²) in [5.41, 5.74) is 0. The van der Waals surface area contributed by atoms with Crippen molar-refractivity contribution in [1.82, 2.24) is 5.32 Å². The fourth-order valence-electron chi connectivity index (χ4n) is 9.94. The van der Waals surface area contributed by atoms with Gasteiger partial charge in [0.25, 0.3) is 0 Å². The van der Waals surface area contributed by atoms with E-state index in [9.17, 15) is 19.8 Å². The van der Waals surface area contributed by atoms with Gasteiger partial charge in [-0.05, 0) is 25.7 Å². The Balaban J connectivity index is 3.41. The minimum absolute atomic E-state index is 0.00322. The molecule has 0 fully saturated rings. The molecule has 0 rings (SSSR count). The van der Waals surface area contributed by atoms with Gasteiger partial charge in [-0.1, -0.05) is 316 Å². The molecular formula is C61H121NO5. The Labute approximate surface area is 419 Å². The Hall–Kier alpha value is -1.14. The maximum absolute atomic E-state index is 12.5. The second-order valence-electron chi connectivity index (χ2n) is 21.4. The molecule has 6 heteroatoms. The average Bonchev–Trinajstić information content (AvgIpc) is 3.33. The molecule has 0 saturated heterocycles. The highest BCUT2D eigenvalue weighted by Gasteiger charge is 2.20. The number of carbonyl (C=O) groups is 2. The standard InChI is InChI=1S/C61H121NO5/c1-3-5-7-9-11-13-15-17-19-21-22-24-25-29-33-37-41-45-49-53-59(64)58(57-63)62-60(65)54-50-46-42-38-34-30-27-28-32-36-40-44-48-52-56-67-61(66)55-51-47-43-39-35-31-26-23-20-18-16-14-12-10-8-6-4-2/h58-59,63-64H,3-57H2,1-2H3,(H,62,65). The van der Waals surface area contributed by atoms with Crippen molar-refractivity contribution in [3.8, 4) is 0 Å². The van der Waals surface area contributed by atoms with Crippen LogP contribution in [0.25, 0.3) is 0 Å². The van der Waals surface area contributed by atoms with Crippen LogP contribution >= 0.6 is 0 Å². The summed E-state index contributed by atoms with van der Waals surface area (Å²) >= 11 is 0. The third-order valence-electron chi connectivity index (χ3n) is 14.7. The number of nitrogens with one attached hydrogen (secondary N) is 1. The van der Waals surface area contributed by atoms with E-state index in [4.69, 9.17) is 4.74 Å². The first-order chi connectivity index (χ1) is 33.0. The molecule has 0 aliphatic heterocycles. The summed E-state index contributed by atoms with van der Waals surface area (Å²) in [5, 5.41) is 23.3. The zero-order valence-corrected chi connectivity index (χ0v) is 45.7. The topological polar surface area (TPSA) is 95.9 Å². The van der Waals surface area contributed by atoms with E-state index in [1.54, 1.807) is 0 Å². The highest BCUT2D eigenvalue weighted by Crippen LogP contribution is 2.18. The number of carbonyl (C=O) groups excluding carboxylic acids is 2. The number of esters is 1. The molecule has 0 saturated carbocycles. The number of unbranched alkanes of at least 4 members (excludes halogenated alkanes) is 47. The van der Waals surface area contributed by atoms with Crippen LogP contribution in [-0.2, 0) is 14.3 Å². The molecule has 2 atom stereocenters. The van der Waals surface area contributed by atoms with Crippen molar-refractivity contribution in [3.63, 3.8) is 0 Å². The van der Waals surface area contributed by atoms with Gasteiger partial charge in [0.1, 0.15) is 0 Å². The van der Waals surface area contributed by atoms with E-state index in [1.807, 2.05) is 0 Å². The summed E-state index contributed by atoms with van der Waals surface area (Å²) in [5.74, 6) is -0.0378. The molecule has 0 bridgehead atoms. The molecule has 2 unspecified atom stereocenters. The third-order valence-corrected chi connectivity index (χ3v) is 14.7. The number of rotatable bonds is 58. The van der Waals surface area contributed by atoms with Gasteiger partial charge in [-0.2, -0.15) is 0 Å². The van der Waals surface area contributed by atoms with E-state index in [0.717, 1.165) is 51.4 Å². The van der Waals surface area contributed by atoms with Crippen molar-refractivity contribution in [1.29, 1.82) is 0 Å². The molecule has 0 aromatic carbocycles. The third kappa shape index (κ3) is 54.0. The van der Waals surface area contributed by atoms with E-state index in [0.29, 0.717) is 25.9 Å². The summed E-state index contributed by atoms with van der Waals surface area (Å²) < 4.78 is 5.49. The van der Waals surface area contributed by atoms with Crippen LogP contribution in [0.1, 0.15) is 354 Å². The average molecular weight is 949 g/mol. The highest BCUT2D eigenvalue weighted by atomic mass is 16.5. The lowest BCUT2D eigenvalue weighted by Crippen LogP contribution is -2.45. The van der Waals surface area contributed by atoms with Crippen molar-refractivity contribution in [2.24, 2.45) is 0 Å². The van der Waals surface area contributed by atoms with Crippen LogP contribution < -0.4 is 5.32 Å². The maximum atomic E-state index is 12.5. The summed E-state index contributed by atoms with van der Waals surface area (Å²) in [4.78, 5) is 24.6. The molecule has 67 heavy (non-hydrogen) atoms. The van der Waals surface area contributed by atoms with Crippen LogP contribution in [0.3, 0.4) is 0 Å². The van der Waals surface area contributed by atoms with Crippen LogP contribution in [0, 0.1) is 0 Å². The van der Waals surface area contributed by atoms with E-state index in [-0.39, 0.29) is 18.5 Å². The quantitative estimate of drug-likeness (QED) is 0.0417. The van der Waals surface area contributed by atoms with Gasteiger partial charge < -0.3 is 20.3 Å². The molecule has 0 radical (unpaired) electrons. The fourth-order valence-corrected chi connectivity index (χ4v) is 9.94. The van der Waals surface area contributed by atoms with E-state index in [1.165, 1.54) is 270 Å². The number of aliphatic hydroxyl groups is 2. The van der Waals surface area contributed by atoms with Gasteiger partial charge in [0.15, 0.2) is 0 Å². The van der Waals surface area contributed by atoms with Crippen molar-refractivity contribution in [2.45, 2.75) is 366 Å². The Morgan fingerprint density at radius 2 is 0.612 bits per heavy atom. The summed E-state index contributed by atoms with van der Waals surface area (Å²) in [6.07, 6.45) is 66.7. The summed E-state index contributed by atoms with van der Waals surface area (Å²) in [6, 6.07) is -0.549. The molecule has 0 spiro atoms. The number of hydrogen-bond acceptors (Lipinski definition) is 5. The molecule has 3 N–H and O–H groups in total. The van der Waals surface area contributed by atoms with Crippen molar-refractivity contribution in [3.05, 3.63) is 0 Å². The summed E-state index contributed by atoms with van der Waals surface area (Å²) in [7, 11) is 0. The molecule has 0 heterocycles. The molecule has 0 aliphatic carbocycles. The minimum Gasteiger partial charge on any atom is -0.466 e. The first kappa shape index (κ1) is 65.9.